The fraction of sp³-hybridized carbons (Fsp3) is 0.333. The van der Waals surface area contributed by atoms with Crippen molar-refractivity contribution in [1.82, 2.24) is 4.98 Å². The number of hydrogen-bond acceptors (Lipinski definition) is 2. The number of Topliss-reactive ketones (excluding diaryl/α,β-unsaturated/α-hetero) is 1. The minimum atomic E-state index is 0.169. The van der Waals surface area contributed by atoms with Gasteiger partial charge >= 0.3 is 0 Å². The van der Waals surface area contributed by atoms with Crippen molar-refractivity contribution in [2.45, 2.75) is 12.8 Å². The molecule has 12 heavy (non-hydrogen) atoms. The predicted octanol–water partition coefficient (Wildman–Crippen LogP) is 2.44. The van der Waals surface area contributed by atoms with Gasteiger partial charge in [-0.2, -0.15) is 0 Å². The lowest BCUT2D eigenvalue weighted by Crippen LogP contribution is -1.99. The minimum Gasteiger partial charge on any atom is -0.294 e. The van der Waals surface area contributed by atoms with Crippen molar-refractivity contribution in [3.8, 4) is 0 Å². The van der Waals surface area contributed by atoms with Crippen LogP contribution in [0.5, 0.6) is 0 Å². The Hall–Kier alpha value is -0.700. The summed E-state index contributed by atoms with van der Waals surface area (Å²) in [6.07, 6.45) is 4.75. The Kier molecular flexibility index (Phi) is 3.94. The molecule has 0 unspecified atom stereocenters. The van der Waals surface area contributed by atoms with Crippen LogP contribution in [0.3, 0.4) is 0 Å². The highest BCUT2D eigenvalue weighted by Crippen LogP contribution is 2.04. The number of ketones is 1. The van der Waals surface area contributed by atoms with E-state index in [1.54, 1.807) is 24.5 Å². The van der Waals surface area contributed by atoms with Gasteiger partial charge in [0.2, 0.25) is 0 Å². The highest BCUT2D eigenvalue weighted by atomic mass is 79.9. The number of carbonyl (C=O) groups excluding carboxylic acids is 1. The van der Waals surface area contributed by atoms with Gasteiger partial charge in [-0.15, -0.1) is 0 Å². The van der Waals surface area contributed by atoms with Crippen LogP contribution >= 0.6 is 15.9 Å². The van der Waals surface area contributed by atoms with E-state index in [1.165, 1.54) is 0 Å². The molecular formula is C9H10BrNO. The van der Waals surface area contributed by atoms with Crippen LogP contribution in [0.25, 0.3) is 0 Å². The average Bonchev–Trinajstić information content (AvgIpc) is 2.15. The quantitative estimate of drug-likeness (QED) is 0.585. The Morgan fingerprint density at radius 3 is 3.00 bits per heavy atom. The van der Waals surface area contributed by atoms with Crippen LogP contribution in [-0.4, -0.2) is 16.1 Å². The van der Waals surface area contributed by atoms with Gasteiger partial charge in [0.1, 0.15) is 0 Å². The second-order valence-corrected chi connectivity index (χ2v) is 3.25. The van der Waals surface area contributed by atoms with Gasteiger partial charge in [-0.3, -0.25) is 9.78 Å². The van der Waals surface area contributed by atoms with Crippen molar-refractivity contribution in [1.29, 1.82) is 0 Å². The highest BCUT2D eigenvalue weighted by molar-refractivity contribution is 9.09. The molecule has 0 fully saturated rings. The topological polar surface area (TPSA) is 30.0 Å². The molecule has 1 aromatic rings. The normalized spacial score (nSPS) is 9.75. The van der Waals surface area contributed by atoms with Gasteiger partial charge in [-0.25, -0.2) is 0 Å². The van der Waals surface area contributed by atoms with Crippen LogP contribution < -0.4 is 0 Å². The Morgan fingerprint density at radius 2 is 2.42 bits per heavy atom. The first-order chi connectivity index (χ1) is 5.84. The summed E-state index contributed by atoms with van der Waals surface area (Å²) in [7, 11) is 0. The number of hydrogen-bond donors (Lipinski definition) is 0. The van der Waals surface area contributed by atoms with Gasteiger partial charge in [-0.05, 0) is 18.6 Å². The van der Waals surface area contributed by atoms with Crippen molar-refractivity contribution in [2.24, 2.45) is 0 Å². The molecule has 1 aromatic heterocycles. The number of carbonyl (C=O) groups is 1. The molecule has 0 bridgehead atoms. The number of pyridine rings is 1. The maximum absolute atomic E-state index is 11.3. The third-order valence-electron chi connectivity index (χ3n) is 1.52. The summed E-state index contributed by atoms with van der Waals surface area (Å²) >= 11 is 3.28. The van der Waals surface area contributed by atoms with Crippen molar-refractivity contribution in [3.63, 3.8) is 0 Å². The summed E-state index contributed by atoms with van der Waals surface area (Å²) in [4.78, 5) is 15.2. The van der Waals surface area contributed by atoms with E-state index in [2.05, 4.69) is 20.9 Å². The lowest BCUT2D eigenvalue weighted by molar-refractivity contribution is 0.0982. The average molecular weight is 228 g/mol. The van der Waals surface area contributed by atoms with Crippen molar-refractivity contribution < 1.29 is 4.79 Å². The van der Waals surface area contributed by atoms with E-state index in [0.29, 0.717) is 12.0 Å². The van der Waals surface area contributed by atoms with E-state index < -0.39 is 0 Å². The molecule has 0 amide bonds. The second kappa shape index (κ2) is 5.04. The molecule has 3 heteroatoms. The van der Waals surface area contributed by atoms with E-state index in [0.717, 1.165) is 11.8 Å². The lowest BCUT2D eigenvalue weighted by Gasteiger charge is -1.96. The smallest absolute Gasteiger partial charge is 0.164 e. The fourth-order valence-corrected chi connectivity index (χ4v) is 1.18. The first-order valence-electron chi connectivity index (χ1n) is 3.84. The molecule has 2 nitrogen and oxygen atoms in total. The van der Waals surface area contributed by atoms with E-state index >= 15 is 0 Å². The molecule has 0 N–H and O–H groups in total. The third-order valence-corrected chi connectivity index (χ3v) is 2.08. The molecular weight excluding hydrogens is 218 g/mol. The summed E-state index contributed by atoms with van der Waals surface area (Å²) < 4.78 is 0. The van der Waals surface area contributed by atoms with E-state index in [-0.39, 0.29) is 5.78 Å². The zero-order valence-corrected chi connectivity index (χ0v) is 8.25. The van der Waals surface area contributed by atoms with Crippen LogP contribution in [0.15, 0.2) is 24.5 Å². The van der Waals surface area contributed by atoms with Crippen molar-refractivity contribution in [2.75, 3.05) is 5.33 Å². The molecule has 0 radical (unpaired) electrons. The van der Waals surface area contributed by atoms with Crippen LogP contribution in [0.4, 0.5) is 0 Å². The molecule has 0 aliphatic rings. The summed E-state index contributed by atoms with van der Waals surface area (Å²) in [6, 6.07) is 3.57. The lowest BCUT2D eigenvalue weighted by atomic mass is 10.1. The molecule has 0 atom stereocenters. The molecule has 1 heterocycles. The first kappa shape index (κ1) is 9.39. The summed E-state index contributed by atoms with van der Waals surface area (Å²) in [5, 5.41) is 0.874. The number of alkyl halides is 1. The van der Waals surface area contributed by atoms with Gasteiger partial charge in [0.15, 0.2) is 5.78 Å². The SMILES string of the molecule is O=C(CCCBr)c1cccnc1. The van der Waals surface area contributed by atoms with E-state index in [1.807, 2.05) is 0 Å². The number of rotatable bonds is 4. The Balaban J connectivity index is 2.54. The fourth-order valence-electron chi connectivity index (χ4n) is 0.899. The van der Waals surface area contributed by atoms with Gasteiger partial charge in [0.05, 0.1) is 0 Å². The van der Waals surface area contributed by atoms with Gasteiger partial charge in [-0.1, -0.05) is 15.9 Å². The van der Waals surface area contributed by atoms with Crippen LogP contribution in [0, 0.1) is 0 Å². The summed E-state index contributed by atoms with van der Waals surface area (Å²) in [5.74, 6) is 0.169. The molecule has 0 aromatic carbocycles. The molecule has 1 rings (SSSR count). The maximum Gasteiger partial charge on any atom is 0.164 e. The van der Waals surface area contributed by atoms with E-state index in [4.69, 9.17) is 0 Å². The first-order valence-corrected chi connectivity index (χ1v) is 4.96. The zero-order valence-electron chi connectivity index (χ0n) is 6.66. The maximum atomic E-state index is 11.3. The standard InChI is InChI=1S/C9H10BrNO/c10-5-1-4-9(12)8-3-2-6-11-7-8/h2-3,6-7H,1,4-5H2. The third kappa shape index (κ3) is 2.74. The Morgan fingerprint density at radius 1 is 1.58 bits per heavy atom. The zero-order chi connectivity index (χ0) is 8.81. The molecule has 0 saturated heterocycles. The van der Waals surface area contributed by atoms with Gasteiger partial charge in [0.25, 0.3) is 0 Å². The van der Waals surface area contributed by atoms with Crippen LogP contribution in [0.1, 0.15) is 23.2 Å². The largest absolute Gasteiger partial charge is 0.294 e. The van der Waals surface area contributed by atoms with Crippen molar-refractivity contribution in [3.05, 3.63) is 30.1 Å². The van der Waals surface area contributed by atoms with Gasteiger partial charge < -0.3 is 0 Å². The molecule has 0 aliphatic carbocycles. The highest BCUT2D eigenvalue weighted by Gasteiger charge is 2.03. The number of aromatic nitrogens is 1. The summed E-state index contributed by atoms with van der Waals surface area (Å²) in [5.41, 5.74) is 0.707. The Bertz CT molecular complexity index is 248. The molecule has 0 spiro atoms. The predicted molar refractivity (Wildman–Crippen MR) is 51.6 cm³/mol. The van der Waals surface area contributed by atoms with Crippen molar-refractivity contribution >= 4 is 21.7 Å². The number of halogens is 1. The molecule has 64 valence electrons. The van der Waals surface area contributed by atoms with Crippen LogP contribution in [-0.2, 0) is 0 Å². The second-order valence-electron chi connectivity index (χ2n) is 2.46. The minimum absolute atomic E-state index is 0.169. The summed E-state index contributed by atoms with van der Waals surface area (Å²) in [6.45, 7) is 0. The monoisotopic (exact) mass is 227 g/mol. The number of nitrogens with zero attached hydrogens (tertiary/aromatic N) is 1. The Labute approximate surface area is 80.1 Å². The van der Waals surface area contributed by atoms with Gasteiger partial charge in [0, 0.05) is 29.7 Å². The van der Waals surface area contributed by atoms with Crippen LogP contribution in [0.2, 0.25) is 0 Å². The van der Waals surface area contributed by atoms with E-state index in [9.17, 15) is 4.79 Å². The molecule has 0 aliphatic heterocycles. The molecule has 0 saturated carbocycles.